The van der Waals surface area contributed by atoms with Crippen molar-refractivity contribution in [2.75, 3.05) is 7.11 Å². The fraction of sp³-hybridized carbons (Fsp3) is 0.312. The van der Waals surface area contributed by atoms with Gasteiger partial charge in [-0.25, -0.2) is 0 Å². The van der Waals surface area contributed by atoms with Crippen LogP contribution in [-0.4, -0.2) is 26.7 Å². The minimum Gasteiger partial charge on any atom is -0.497 e. The number of benzene rings is 1. The number of rotatable bonds is 6. The number of H-pyrrole nitrogens is 1. The van der Waals surface area contributed by atoms with Crippen molar-refractivity contribution in [1.82, 2.24) is 19.6 Å². The van der Waals surface area contributed by atoms with E-state index in [0.717, 1.165) is 35.2 Å². The summed E-state index contributed by atoms with van der Waals surface area (Å²) in [6, 6.07) is 9.57. The first-order valence-electron chi connectivity index (χ1n) is 7.44. The Morgan fingerprint density at radius 2 is 2.04 bits per heavy atom. The molecule has 0 fully saturated rings. The van der Waals surface area contributed by atoms with Gasteiger partial charge in [-0.05, 0) is 24.1 Å². The second kappa shape index (κ2) is 6.87. The molecule has 1 N–H and O–H groups in total. The van der Waals surface area contributed by atoms with Crippen LogP contribution in [0.3, 0.4) is 0 Å². The molecule has 7 heteroatoms. The highest BCUT2D eigenvalue weighted by Crippen LogP contribution is 2.23. The molecule has 2 heterocycles. The van der Waals surface area contributed by atoms with Crippen molar-refractivity contribution < 1.29 is 4.74 Å². The monoisotopic (exact) mass is 330 g/mol. The molecule has 0 aliphatic heterocycles. The summed E-state index contributed by atoms with van der Waals surface area (Å²) in [5.41, 5.74) is 1.97. The van der Waals surface area contributed by atoms with E-state index < -0.39 is 0 Å². The zero-order chi connectivity index (χ0) is 16.2. The molecule has 6 nitrogen and oxygen atoms in total. The molecule has 0 bridgehead atoms. The average Bonchev–Trinajstić information content (AvgIpc) is 2.96. The van der Waals surface area contributed by atoms with Crippen LogP contribution < -0.4 is 10.3 Å². The van der Waals surface area contributed by atoms with Gasteiger partial charge in [0.2, 0.25) is 5.78 Å². The second-order valence-electron chi connectivity index (χ2n) is 5.15. The minimum atomic E-state index is -0.139. The number of hydrogen-bond acceptors (Lipinski definition) is 5. The second-order valence-corrected chi connectivity index (χ2v) is 6.10. The van der Waals surface area contributed by atoms with Gasteiger partial charge in [0.1, 0.15) is 5.75 Å². The van der Waals surface area contributed by atoms with Crippen molar-refractivity contribution in [3.05, 3.63) is 51.9 Å². The van der Waals surface area contributed by atoms with E-state index in [4.69, 9.17) is 4.74 Å². The number of fused-ring (bicyclic) bond motifs is 1. The van der Waals surface area contributed by atoms with Crippen molar-refractivity contribution in [3.63, 3.8) is 0 Å². The molecule has 0 radical (unpaired) electrons. The Morgan fingerprint density at radius 1 is 1.26 bits per heavy atom. The van der Waals surface area contributed by atoms with Gasteiger partial charge in [0, 0.05) is 17.5 Å². The topological polar surface area (TPSA) is 72.3 Å². The third kappa shape index (κ3) is 3.39. The first kappa shape index (κ1) is 15.6. The number of nitrogens with zero attached hydrogens (tertiary/aromatic N) is 3. The first-order valence-corrected chi connectivity index (χ1v) is 8.43. The normalized spacial score (nSPS) is 11.0. The van der Waals surface area contributed by atoms with Crippen LogP contribution in [0.25, 0.3) is 5.78 Å². The Labute approximate surface area is 137 Å². The summed E-state index contributed by atoms with van der Waals surface area (Å²) in [7, 11) is 1.65. The van der Waals surface area contributed by atoms with Crippen LogP contribution in [-0.2, 0) is 12.2 Å². The molecule has 3 aromatic rings. The maximum Gasteiger partial charge on any atom is 0.252 e. The Bertz CT molecular complexity index is 855. The average molecular weight is 330 g/mol. The molecule has 3 rings (SSSR count). The fourth-order valence-electron chi connectivity index (χ4n) is 2.38. The van der Waals surface area contributed by atoms with Gasteiger partial charge in [0.15, 0.2) is 5.16 Å². The lowest BCUT2D eigenvalue weighted by Gasteiger charge is -2.06. The van der Waals surface area contributed by atoms with Crippen LogP contribution >= 0.6 is 11.8 Å². The number of thioether (sulfide) groups is 1. The van der Waals surface area contributed by atoms with Crippen LogP contribution in [0.5, 0.6) is 5.75 Å². The predicted molar refractivity (Wildman–Crippen MR) is 90.2 cm³/mol. The molecule has 0 atom stereocenters. The smallest absolute Gasteiger partial charge is 0.252 e. The Kier molecular flexibility index (Phi) is 4.66. The van der Waals surface area contributed by atoms with Gasteiger partial charge in [-0.15, -0.1) is 10.2 Å². The van der Waals surface area contributed by atoms with Gasteiger partial charge >= 0.3 is 0 Å². The zero-order valence-corrected chi connectivity index (χ0v) is 13.9. The van der Waals surface area contributed by atoms with Crippen molar-refractivity contribution in [3.8, 4) is 5.75 Å². The third-order valence-corrected chi connectivity index (χ3v) is 4.49. The summed E-state index contributed by atoms with van der Waals surface area (Å²) in [5, 5.41) is 9.08. The SMILES string of the molecule is CCCc1cc(=O)[nH]c2nnc(SCc3ccc(OC)cc3)n12. The summed E-state index contributed by atoms with van der Waals surface area (Å²) < 4.78 is 7.09. The molecule has 0 amide bonds. The highest BCUT2D eigenvalue weighted by molar-refractivity contribution is 7.98. The molecule has 0 aliphatic carbocycles. The van der Waals surface area contributed by atoms with Crippen molar-refractivity contribution in [1.29, 1.82) is 0 Å². The van der Waals surface area contributed by atoms with Crippen LogP contribution in [0.4, 0.5) is 0 Å². The maximum atomic E-state index is 11.7. The van der Waals surface area contributed by atoms with Crippen molar-refractivity contribution >= 4 is 17.5 Å². The van der Waals surface area contributed by atoms with Crippen LogP contribution in [0.15, 0.2) is 40.3 Å². The highest BCUT2D eigenvalue weighted by Gasteiger charge is 2.11. The summed E-state index contributed by atoms with van der Waals surface area (Å²) in [6.45, 7) is 2.08. The number of aromatic amines is 1. The number of ether oxygens (including phenoxy) is 1. The highest BCUT2D eigenvalue weighted by atomic mass is 32.2. The largest absolute Gasteiger partial charge is 0.497 e. The van der Waals surface area contributed by atoms with E-state index >= 15 is 0 Å². The zero-order valence-electron chi connectivity index (χ0n) is 13.1. The first-order chi connectivity index (χ1) is 11.2. The number of aryl methyl sites for hydroxylation is 1. The van der Waals surface area contributed by atoms with E-state index in [9.17, 15) is 4.79 Å². The van der Waals surface area contributed by atoms with Crippen LogP contribution in [0.1, 0.15) is 24.6 Å². The third-order valence-electron chi connectivity index (χ3n) is 3.49. The van der Waals surface area contributed by atoms with Gasteiger partial charge in [-0.2, -0.15) is 0 Å². The number of hydrogen-bond donors (Lipinski definition) is 1. The summed E-state index contributed by atoms with van der Waals surface area (Å²) >= 11 is 1.60. The molecule has 0 saturated carbocycles. The van der Waals surface area contributed by atoms with Crippen LogP contribution in [0.2, 0.25) is 0 Å². The molecule has 0 unspecified atom stereocenters. The Hall–Kier alpha value is -2.28. The lowest BCUT2D eigenvalue weighted by atomic mass is 10.2. The lowest BCUT2D eigenvalue weighted by Crippen LogP contribution is -2.11. The molecular weight excluding hydrogens is 312 g/mol. The minimum absolute atomic E-state index is 0.139. The summed E-state index contributed by atoms with van der Waals surface area (Å²) in [4.78, 5) is 14.4. The van der Waals surface area contributed by atoms with E-state index in [0.29, 0.717) is 5.78 Å². The lowest BCUT2D eigenvalue weighted by molar-refractivity contribution is 0.414. The Balaban J connectivity index is 1.86. The van der Waals surface area contributed by atoms with E-state index in [1.54, 1.807) is 24.9 Å². The number of aromatic nitrogens is 4. The Morgan fingerprint density at radius 3 is 2.74 bits per heavy atom. The van der Waals surface area contributed by atoms with E-state index in [-0.39, 0.29) is 5.56 Å². The molecule has 0 spiro atoms. The molecule has 120 valence electrons. The van der Waals surface area contributed by atoms with E-state index in [2.05, 4.69) is 22.1 Å². The molecule has 1 aromatic carbocycles. The standard InChI is InChI=1S/C16H18N4O2S/c1-3-4-12-9-14(21)17-15-18-19-16(20(12)15)23-10-11-5-7-13(22-2)8-6-11/h5-9H,3-4,10H2,1-2H3,(H,17,18,21). The van der Waals surface area contributed by atoms with Gasteiger partial charge < -0.3 is 4.74 Å². The molecule has 2 aromatic heterocycles. The number of nitrogens with one attached hydrogen (secondary N) is 1. The van der Waals surface area contributed by atoms with E-state index in [1.165, 1.54) is 5.56 Å². The summed E-state index contributed by atoms with van der Waals surface area (Å²) in [6.07, 6.45) is 1.77. The van der Waals surface area contributed by atoms with Gasteiger partial charge in [-0.1, -0.05) is 37.2 Å². The molecule has 0 saturated heterocycles. The summed E-state index contributed by atoms with van der Waals surface area (Å²) in [5.74, 6) is 2.11. The van der Waals surface area contributed by atoms with Gasteiger partial charge in [0.25, 0.3) is 5.56 Å². The molecule has 23 heavy (non-hydrogen) atoms. The fourth-order valence-corrected chi connectivity index (χ4v) is 3.29. The molecule has 0 aliphatic rings. The number of methoxy groups -OCH3 is 1. The van der Waals surface area contributed by atoms with Gasteiger partial charge in [0.05, 0.1) is 7.11 Å². The van der Waals surface area contributed by atoms with Crippen LogP contribution in [0, 0.1) is 0 Å². The van der Waals surface area contributed by atoms with Crippen molar-refractivity contribution in [2.45, 2.75) is 30.7 Å². The van der Waals surface area contributed by atoms with E-state index in [1.807, 2.05) is 28.7 Å². The maximum absolute atomic E-state index is 11.7. The predicted octanol–water partition coefficient (Wildman–Crippen LogP) is 2.67. The van der Waals surface area contributed by atoms with Crippen molar-refractivity contribution in [2.24, 2.45) is 0 Å². The quantitative estimate of drug-likeness (QED) is 0.704. The van der Waals surface area contributed by atoms with Gasteiger partial charge in [-0.3, -0.25) is 14.2 Å². The molecular formula is C16H18N4O2S.